The first-order chi connectivity index (χ1) is 13.1. The molecule has 2 N–H and O–H groups in total. The summed E-state index contributed by atoms with van der Waals surface area (Å²) >= 11 is 6.10. The second kappa shape index (κ2) is 9.62. The number of hydrogen-bond donors (Lipinski definition) is 2. The van der Waals surface area contributed by atoms with Crippen LogP contribution in [0.1, 0.15) is 25.3 Å². The van der Waals surface area contributed by atoms with Crippen LogP contribution in [0.3, 0.4) is 0 Å². The van der Waals surface area contributed by atoms with Gasteiger partial charge in [-0.05, 0) is 55.2 Å². The highest BCUT2D eigenvalue weighted by molar-refractivity contribution is 6.30. The largest absolute Gasteiger partial charge is 0.489 e. The number of ether oxygens (including phenoxy) is 2. The van der Waals surface area contributed by atoms with Gasteiger partial charge in [0.05, 0.1) is 18.3 Å². The lowest BCUT2D eigenvalue weighted by Gasteiger charge is -2.16. The highest BCUT2D eigenvalue weighted by Crippen LogP contribution is 2.28. The van der Waals surface area contributed by atoms with Crippen molar-refractivity contribution >= 4 is 28.9 Å². The minimum Gasteiger partial charge on any atom is -0.489 e. The van der Waals surface area contributed by atoms with Gasteiger partial charge >= 0.3 is 0 Å². The highest BCUT2D eigenvalue weighted by Gasteiger charge is 2.17. The van der Waals surface area contributed by atoms with E-state index in [9.17, 15) is 4.79 Å². The molecule has 2 aromatic carbocycles. The monoisotopic (exact) mass is 388 g/mol. The van der Waals surface area contributed by atoms with Crippen LogP contribution in [0, 0.1) is 0 Å². The molecule has 144 valence electrons. The molecule has 0 aliphatic carbocycles. The molecular weight excluding hydrogens is 364 g/mol. The summed E-state index contributed by atoms with van der Waals surface area (Å²) in [4.78, 5) is 12.2. The van der Waals surface area contributed by atoms with Crippen molar-refractivity contribution in [3.05, 3.63) is 53.1 Å². The van der Waals surface area contributed by atoms with E-state index in [1.165, 1.54) is 5.56 Å². The predicted octanol–water partition coefficient (Wildman–Crippen LogP) is 4.51. The normalized spacial score (nSPS) is 16.1. The number of benzene rings is 2. The first-order valence-corrected chi connectivity index (χ1v) is 9.68. The van der Waals surface area contributed by atoms with Gasteiger partial charge in [-0.15, -0.1) is 0 Å². The maximum atomic E-state index is 12.2. The van der Waals surface area contributed by atoms with Gasteiger partial charge in [-0.3, -0.25) is 4.79 Å². The van der Waals surface area contributed by atoms with E-state index in [-0.39, 0.29) is 18.6 Å². The zero-order chi connectivity index (χ0) is 19.1. The van der Waals surface area contributed by atoms with Gasteiger partial charge in [0.1, 0.15) is 12.4 Å². The third-order valence-corrected chi connectivity index (χ3v) is 4.71. The molecule has 1 aliphatic rings. The molecule has 5 nitrogen and oxygen atoms in total. The van der Waals surface area contributed by atoms with Crippen molar-refractivity contribution in [2.45, 2.75) is 32.3 Å². The van der Waals surface area contributed by atoms with Crippen molar-refractivity contribution in [1.82, 2.24) is 0 Å². The molecule has 1 saturated heterocycles. The molecular formula is C21H25ClN2O3. The number of hydrogen-bond acceptors (Lipinski definition) is 4. The predicted molar refractivity (Wildman–Crippen MR) is 109 cm³/mol. The lowest BCUT2D eigenvalue weighted by atomic mass is 10.1. The second-order valence-corrected chi connectivity index (χ2v) is 6.98. The van der Waals surface area contributed by atoms with Gasteiger partial charge in [0.25, 0.3) is 0 Å². The van der Waals surface area contributed by atoms with Gasteiger partial charge in [0.15, 0.2) is 0 Å². The molecule has 0 aromatic heterocycles. The van der Waals surface area contributed by atoms with E-state index in [0.717, 1.165) is 31.6 Å². The van der Waals surface area contributed by atoms with E-state index >= 15 is 0 Å². The SMILES string of the molecule is CCc1ccc(NC(=O)CNc2cc(Cl)ccc2OCC2CCCO2)cc1. The van der Waals surface area contributed by atoms with Crippen molar-refractivity contribution < 1.29 is 14.3 Å². The van der Waals surface area contributed by atoms with Crippen LogP contribution in [-0.2, 0) is 16.0 Å². The highest BCUT2D eigenvalue weighted by atomic mass is 35.5. The third-order valence-electron chi connectivity index (χ3n) is 4.48. The Balaban J connectivity index is 1.55. The first kappa shape index (κ1) is 19.5. The summed E-state index contributed by atoms with van der Waals surface area (Å²) in [7, 11) is 0. The summed E-state index contributed by atoms with van der Waals surface area (Å²) < 4.78 is 11.5. The third kappa shape index (κ3) is 5.88. The van der Waals surface area contributed by atoms with Crippen molar-refractivity contribution in [1.29, 1.82) is 0 Å². The van der Waals surface area contributed by atoms with E-state index in [1.54, 1.807) is 18.2 Å². The van der Waals surface area contributed by atoms with Crippen LogP contribution < -0.4 is 15.4 Å². The van der Waals surface area contributed by atoms with Crippen LogP contribution in [0.2, 0.25) is 5.02 Å². The number of carbonyl (C=O) groups excluding carboxylic acids is 1. The van der Waals surface area contributed by atoms with Crippen molar-refractivity contribution in [2.24, 2.45) is 0 Å². The molecule has 1 heterocycles. The van der Waals surface area contributed by atoms with Gasteiger partial charge in [0.2, 0.25) is 5.91 Å². The fourth-order valence-corrected chi connectivity index (χ4v) is 3.10. The fraction of sp³-hybridized carbons (Fsp3) is 0.381. The van der Waals surface area contributed by atoms with Gasteiger partial charge in [-0.2, -0.15) is 0 Å². The topological polar surface area (TPSA) is 59.6 Å². The lowest BCUT2D eigenvalue weighted by molar-refractivity contribution is -0.114. The minimum absolute atomic E-state index is 0.117. The molecule has 1 unspecified atom stereocenters. The van der Waals surface area contributed by atoms with Gasteiger partial charge in [-0.25, -0.2) is 0 Å². The number of halogens is 1. The molecule has 1 fully saturated rings. The summed E-state index contributed by atoms with van der Waals surface area (Å²) in [6.07, 6.45) is 3.18. The van der Waals surface area contributed by atoms with Gasteiger partial charge in [0, 0.05) is 17.3 Å². The molecule has 1 atom stereocenters. The second-order valence-electron chi connectivity index (χ2n) is 6.54. The molecule has 27 heavy (non-hydrogen) atoms. The molecule has 0 saturated carbocycles. The van der Waals surface area contributed by atoms with E-state index in [1.807, 2.05) is 24.3 Å². The van der Waals surface area contributed by atoms with Crippen molar-refractivity contribution in [3.8, 4) is 5.75 Å². The Bertz CT molecular complexity index is 759. The van der Waals surface area contributed by atoms with Gasteiger partial charge < -0.3 is 20.1 Å². The van der Waals surface area contributed by atoms with Crippen LogP contribution in [-0.4, -0.2) is 31.8 Å². The number of carbonyl (C=O) groups is 1. The van der Waals surface area contributed by atoms with Crippen LogP contribution >= 0.6 is 11.6 Å². The van der Waals surface area contributed by atoms with Crippen molar-refractivity contribution in [2.75, 3.05) is 30.4 Å². The van der Waals surface area contributed by atoms with Crippen LogP contribution in [0.4, 0.5) is 11.4 Å². The molecule has 6 heteroatoms. The number of anilines is 2. The van der Waals surface area contributed by atoms with Crippen molar-refractivity contribution in [3.63, 3.8) is 0 Å². The summed E-state index contributed by atoms with van der Waals surface area (Å²) in [6, 6.07) is 13.2. The Morgan fingerprint density at radius 1 is 1.26 bits per heavy atom. The maximum absolute atomic E-state index is 12.2. The lowest BCUT2D eigenvalue weighted by Crippen LogP contribution is -2.22. The minimum atomic E-state index is -0.135. The van der Waals surface area contributed by atoms with Crippen LogP contribution in [0.15, 0.2) is 42.5 Å². The van der Waals surface area contributed by atoms with E-state index < -0.39 is 0 Å². The smallest absolute Gasteiger partial charge is 0.243 e. The Labute approximate surface area is 165 Å². The molecule has 0 radical (unpaired) electrons. The summed E-state index contributed by atoms with van der Waals surface area (Å²) in [5.74, 6) is 0.527. The average Bonchev–Trinajstić information content (AvgIpc) is 3.20. The molecule has 2 aromatic rings. The zero-order valence-electron chi connectivity index (χ0n) is 15.5. The number of aryl methyl sites for hydroxylation is 1. The zero-order valence-corrected chi connectivity index (χ0v) is 16.2. The fourth-order valence-electron chi connectivity index (χ4n) is 2.93. The Morgan fingerprint density at radius 2 is 2.07 bits per heavy atom. The molecule has 3 rings (SSSR count). The molecule has 0 bridgehead atoms. The quantitative estimate of drug-likeness (QED) is 0.698. The van der Waals surface area contributed by atoms with E-state index in [4.69, 9.17) is 21.1 Å². The average molecular weight is 389 g/mol. The Morgan fingerprint density at radius 3 is 2.78 bits per heavy atom. The number of rotatable bonds is 8. The molecule has 1 aliphatic heterocycles. The summed E-state index contributed by atoms with van der Waals surface area (Å²) in [5, 5.41) is 6.57. The summed E-state index contributed by atoms with van der Waals surface area (Å²) in [5.41, 5.74) is 2.70. The molecule has 1 amide bonds. The first-order valence-electron chi connectivity index (χ1n) is 9.30. The molecule has 0 spiro atoms. The Hall–Kier alpha value is -2.24. The van der Waals surface area contributed by atoms with E-state index in [0.29, 0.717) is 23.1 Å². The van der Waals surface area contributed by atoms with Crippen LogP contribution in [0.5, 0.6) is 5.75 Å². The number of nitrogens with one attached hydrogen (secondary N) is 2. The van der Waals surface area contributed by atoms with E-state index in [2.05, 4.69) is 17.6 Å². The standard InChI is InChI=1S/C21H25ClN2O3/c1-2-15-5-8-17(9-6-15)24-21(25)13-23-19-12-16(22)7-10-20(19)27-14-18-4-3-11-26-18/h5-10,12,18,23H,2-4,11,13-14H2,1H3,(H,24,25). The number of amides is 1. The Kier molecular flexibility index (Phi) is 6.96. The maximum Gasteiger partial charge on any atom is 0.243 e. The summed E-state index contributed by atoms with van der Waals surface area (Å²) in [6.45, 7) is 3.50. The van der Waals surface area contributed by atoms with Gasteiger partial charge in [-0.1, -0.05) is 30.7 Å². The van der Waals surface area contributed by atoms with Crippen LogP contribution in [0.25, 0.3) is 0 Å².